The van der Waals surface area contributed by atoms with Crippen LogP contribution in [0.1, 0.15) is 13.8 Å². The first-order valence-corrected chi connectivity index (χ1v) is 2.65. The van der Waals surface area contributed by atoms with Crippen molar-refractivity contribution < 1.29 is 0 Å². The summed E-state index contributed by atoms with van der Waals surface area (Å²) in [7, 11) is 0. The molecule has 0 spiro atoms. The van der Waals surface area contributed by atoms with E-state index in [1.165, 1.54) is 0 Å². The van der Waals surface area contributed by atoms with Crippen molar-refractivity contribution in [2.75, 3.05) is 0 Å². The Bertz CT molecular complexity index is 22.4. The minimum Gasteiger partial charge on any atom is -0.161 e. The van der Waals surface area contributed by atoms with Crippen molar-refractivity contribution >= 4 is 28.6 Å². The van der Waals surface area contributed by atoms with E-state index in [0.29, 0.717) is 0 Å². The maximum absolute atomic E-state index is 4.04. The number of halogens is 1. The molecule has 0 heterocycles. The molecule has 0 saturated heterocycles. The minimum absolute atomic E-state index is 0.00694. The Hall–Kier alpha value is 0.830. The first-order chi connectivity index (χ1) is 2.00. The second-order valence-corrected chi connectivity index (χ2v) is 5.12. The number of rotatable bonds is 0. The third kappa shape index (κ3) is 56.2. The molecule has 0 fully saturated rings. The quantitative estimate of drug-likeness (QED) is 0.401. The zero-order chi connectivity index (χ0) is 4.50. The van der Waals surface area contributed by atoms with Crippen LogP contribution in [0.5, 0.6) is 0 Å². The molecule has 0 saturated carbocycles. The molecule has 32 valence electrons. The van der Waals surface area contributed by atoms with Crippen LogP contribution in [0.2, 0.25) is 0 Å². The van der Waals surface area contributed by atoms with E-state index in [1.807, 2.05) is 13.8 Å². The van der Waals surface area contributed by atoms with Gasteiger partial charge in [0.25, 0.3) is 0 Å². The minimum atomic E-state index is 0.00694. The van der Waals surface area contributed by atoms with Gasteiger partial charge in [0, 0.05) is 0 Å². The molecule has 0 aromatic carbocycles. The van der Waals surface area contributed by atoms with Gasteiger partial charge < -0.3 is 0 Å². The first kappa shape index (κ1) is 5.83. The Morgan fingerprint density at radius 2 is 1.60 bits per heavy atom. The summed E-state index contributed by atoms with van der Waals surface area (Å²) in [5.41, 5.74) is 0. The lowest BCUT2D eigenvalue weighted by Gasteiger charge is -2.01. The Labute approximate surface area is 46.5 Å². The van der Waals surface area contributed by atoms with E-state index in [2.05, 4.69) is 28.6 Å². The van der Waals surface area contributed by atoms with Crippen LogP contribution in [0.25, 0.3) is 0 Å². The van der Waals surface area contributed by atoms with Crippen molar-refractivity contribution in [3.8, 4) is 0 Å². The molecule has 0 bridgehead atoms. The van der Waals surface area contributed by atoms with Crippen LogP contribution < -0.4 is 0 Å². The largest absolute Gasteiger partial charge is 0.161 e. The zero-order valence-electron chi connectivity index (χ0n) is 3.33. The Balaban J connectivity index is 3.02. The molecular formula is C3H7BrS. The summed E-state index contributed by atoms with van der Waals surface area (Å²) in [6, 6.07) is 0. The van der Waals surface area contributed by atoms with Crippen LogP contribution in [0.4, 0.5) is 0 Å². The van der Waals surface area contributed by atoms with E-state index in [9.17, 15) is 0 Å². The fraction of sp³-hybridized carbons (Fsp3) is 1.00. The molecule has 0 atom stereocenters. The molecule has 0 rings (SSSR count). The monoisotopic (exact) mass is 154 g/mol. The Morgan fingerprint density at radius 3 is 1.60 bits per heavy atom. The van der Waals surface area contributed by atoms with E-state index < -0.39 is 0 Å². The van der Waals surface area contributed by atoms with Gasteiger partial charge in [-0.25, -0.2) is 0 Å². The third-order valence-electron chi connectivity index (χ3n) is 0. The SMILES string of the molecule is CC(C)(S)Br. The average molecular weight is 155 g/mol. The van der Waals surface area contributed by atoms with Gasteiger partial charge in [-0.05, 0) is 13.8 Å². The van der Waals surface area contributed by atoms with E-state index in [4.69, 9.17) is 0 Å². The number of hydrogen-bond acceptors (Lipinski definition) is 1. The highest BCUT2D eigenvalue weighted by Gasteiger charge is 1.99. The smallest absolute Gasteiger partial charge is 0.0622 e. The second-order valence-electron chi connectivity index (χ2n) is 1.41. The van der Waals surface area contributed by atoms with Gasteiger partial charge in [-0.3, -0.25) is 0 Å². The molecule has 0 amide bonds. The van der Waals surface area contributed by atoms with Gasteiger partial charge in [-0.15, -0.1) is 0 Å². The zero-order valence-corrected chi connectivity index (χ0v) is 5.81. The molecule has 0 aliphatic rings. The maximum atomic E-state index is 4.04. The molecular weight excluding hydrogens is 148 g/mol. The molecule has 0 aromatic heterocycles. The molecule has 0 N–H and O–H groups in total. The van der Waals surface area contributed by atoms with Crippen LogP contribution in [-0.4, -0.2) is 3.66 Å². The summed E-state index contributed by atoms with van der Waals surface area (Å²) in [5.74, 6) is 0. The molecule has 0 aliphatic carbocycles. The highest BCUT2D eigenvalue weighted by atomic mass is 79.9. The van der Waals surface area contributed by atoms with Crippen molar-refractivity contribution in [3.63, 3.8) is 0 Å². The fourth-order valence-corrected chi connectivity index (χ4v) is 0. The molecule has 2 heteroatoms. The van der Waals surface area contributed by atoms with E-state index in [-0.39, 0.29) is 3.66 Å². The first-order valence-electron chi connectivity index (χ1n) is 1.41. The Morgan fingerprint density at radius 1 is 1.60 bits per heavy atom. The fourth-order valence-electron chi connectivity index (χ4n) is 0. The molecule has 0 aliphatic heterocycles. The number of hydrogen-bond donors (Lipinski definition) is 1. The van der Waals surface area contributed by atoms with Gasteiger partial charge in [-0.1, -0.05) is 15.9 Å². The van der Waals surface area contributed by atoms with Gasteiger partial charge in [-0.2, -0.15) is 12.6 Å². The van der Waals surface area contributed by atoms with Crippen molar-refractivity contribution in [2.24, 2.45) is 0 Å². The van der Waals surface area contributed by atoms with E-state index in [0.717, 1.165) is 0 Å². The molecule has 0 unspecified atom stereocenters. The second kappa shape index (κ2) is 1.52. The predicted molar refractivity (Wildman–Crippen MR) is 32.0 cm³/mol. The lowest BCUT2D eigenvalue weighted by atomic mass is 10.6. The van der Waals surface area contributed by atoms with Crippen molar-refractivity contribution in [1.29, 1.82) is 0 Å². The molecule has 5 heavy (non-hydrogen) atoms. The summed E-state index contributed by atoms with van der Waals surface area (Å²) >= 11 is 7.28. The van der Waals surface area contributed by atoms with Crippen LogP contribution in [0.15, 0.2) is 0 Å². The van der Waals surface area contributed by atoms with Gasteiger partial charge >= 0.3 is 0 Å². The van der Waals surface area contributed by atoms with Crippen LogP contribution in [0, 0.1) is 0 Å². The van der Waals surface area contributed by atoms with Crippen molar-refractivity contribution in [3.05, 3.63) is 0 Å². The number of alkyl halides is 1. The molecule has 0 nitrogen and oxygen atoms in total. The summed E-state index contributed by atoms with van der Waals surface area (Å²) in [4.78, 5) is 0. The standard InChI is InChI=1S/C3H7BrS/c1-3(2,4)5/h5H,1-2H3. The van der Waals surface area contributed by atoms with Gasteiger partial charge in [0.2, 0.25) is 0 Å². The number of thiol groups is 1. The summed E-state index contributed by atoms with van der Waals surface area (Å²) < 4.78 is 0.00694. The van der Waals surface area contributed by atoms with Gasteiger partial charge in [0.05, 0.1) is 3.66 Å². The van der Waals surface area contributed by atoms with Crippen LogP contribution in [-0.2, 0) is 0 Å². The normalized spacial score (nSPS) is 12.0. The average Bonchev–Trinajstić information content (AvgIpc) is 0.722. The van der Waals surface area contributed by atoms with Crippen molar-refractivity contribution in [2.45, 2.75) is 17.5 Å². The maximum Gasteiger partial charge on any atom is 0.0622 e. The lowest BCUT2D eigenvalue weighted by molar-refractivity contribution is 1.06. The highest BCUT2D eigenvalue weighted by molar-refractivity contribution is 9.11. The van der Waals surface area contributed by atoms with Crippen LogP contribution in [0.3, 0.4) is 0 Å². The molecule has 0 aromatic rings. The lowest BCUT2D eigenvalue weighted by Crippen LogP contribution is -1.92. The van der Waals surface area contributed by atoms with Gasteiger partial charge in [0.15, 0.2) is 0 Å². The van der Waals surface area contributed by atoms with E-state index in [1.54, 1.807) is 0 Å². The molecule has 0 radical (unpaired) electrons. The third-order valence-corrected chi connectivity index (χ3v) is 0. The van der Waals surface area contributed by atoms with Gasteiger partial charge in [0.1, 0.15) is 0 Å². The topological polar surface area (TPSA) is 0 Å². The summed E-state index contributed by atoms with van der Waals surface area (Å²) in [6.45, 7) is 3.94. The predicted octanol–water partition coefficient (Wildman–Crippen LogP) is 2.05. The van der Waals surface area contributed by atoms with Crippen LogP contribution >= 0.6 is 28.6 Å². The highest BCUT2D eigenvalue weighted by Crippen LogP contribution is 2.18. The van der Waals surface area contributed by atoms with E-state index >= 15 is 0 Å². The summed E-state index contributed by atoms with van der Waals surface area (Å²) in [6.07, 6.45) is 0. The Kier molecular flexibility index (Phi) is 1.77. The van der Waals surface area contributed by atoms with Crippen molar-refractivity contribution in [1.82, 2.24) is 0 Å². The summed E-state index contributed by atoms with van der Waals surface area (Å²) in [5, 5.41) is 0.